The maximum atomic E-state index is 13.0. The molecule has 0 saturated carbocycles. The predicted octanol–water partition coefficient (Wildman–Crippen LogP) is 3.33. The van der Waals surface area contributed by atoms with Gasteiger partial charge in [-0.05, 0) is 24.2 Å². The van der Waals surface area contributed by atoms with E-state index in [1.54, 1.807) is 22.5 Å². The van der Waals surface area contributed by atoms with Crippen molar-refractivity contribution in [2.24, 2.45) is 0 Å². The standard InChI is InChI=1S/C17H14ClN3O2S2/c1-2-20-14(22)13(10-6-4-3-5-7-10)15(23)21-11(9-24-17(20)21)12-8-19-16(18)25-12/h3-8,11H,2,9H2,1H3/p+1/t11-/m1/s1. The molecular weight excluding hydrogens is 378 g/mol. The quantitative estimate of drug-likeness (QED) is 0.548. The van der Waals surface area contributed by atoms with Gasteiger partial charge in [-0.25, -0.2) is 9.78 Å². The molecule has 1 aliphatic heterocycles. The van der Waals surface area contributed by atoms with Crippen LogP contribution in [0.25, 0.3) is 11.1 Å². The largest absolute Gasteiger partial charge is 0.477 e. The first-order chi connectivity index (χ1) is 12.1. The van der Waals surface area contributed by atoms with Crippen molar-refractivity contribution in [3.8, 4) is 17.0 Å². The zero-order chi connectivity index (χ0) is 17.6. The van der Waals surface area contributed by atoms with E-state index in [-0.39, 0.29) is 17.5 Å². The number of thiazole rings is 1. The van der Waals surface area contributed by atoms with Gasteiger partial charge in [-0.15, -0.1) is 11.3 Å². The minimum absolute atomic E-state index is 0.00424. The van der Waals surface area contributed by atoms with Gasteiger partial charge < -0.3 is 5.11 Å². The van der Waals surface area contributed by atoms with Crippen molar-refractivity contribution in [3.63, 3.8) is 0 Å². The van der Waals surface area contributed by atoms with Crippen LogP contribution >= 0.6 is 34.7 Å². The molecule has 3 heterocycles. The van der Waals surface area contributed by atoms with Gasteiger partial charge in [0.25, 0.3) is 5.88 Å². The molecule has 0 unspecified atom stereocenters. The average Bonchev–Trinajstić information content (AvgIpc) is 3.23. The Hall–Kier alpha value is -1.83. The molecule has 1 aliphatic rings. The lowest BCUT2D eigenvalue weighted by Crippen LogP contribution is -2.45. The topological polar surface area (TPSA) is 59.0 Å². The number of nitrogens with zero attached hydrogens (tertiary/aromatic N) is 3. The van der Waals surface area contributed by atoms with Crippen molar-refractivity contribution in [1.82, 2.24) is 9.55 Å². The Balaban J connectivity index is 1.99. The second-order valence-electron chi connectivity index (χ2n) is 5.61. The first-order valence-corrected chi connectivity index (χ1v) is 10.0. The van der Waals surface area contributed by atoms with E-state index in [2.05, 4.69) is 4.98 Å². The van der Waals surface area contributed by atoms with Crippen LogP contribution in [0.4, 0.5) is 0 Å². The van der Waals surface area contributed by atoms with E-state index in [9.17, 15) is 9.90 Å². The number of benzene rings is 1. The highest BCUT2D eigenvalue weighted by Crippen LogP contribution is 2.37. The SMILES string of the molecule is CCn1c2[n+](c(O)c(-c3ccccc3)c1=O)[C@@H](c1cnc(Cl)s1)CS2. The van der Waals surface area contributed by atoms with Crippen molar-refractivity contribution in [2.45, 2.75) is 24.7 Å². The Kier molecular flexibility index (Phi) is 4.31. The molecule has 1 atom stereocenters. The number of hydrogen-bond acceptors (Lipinski definition) is 5. The van der Waals surface area contributed by atoms with E-state index < -0.39 is 0 Å². The highest BCUT2D eigenvalue weighted by atomic mass is 35.5. The lowest BCUT2D eigenvalue weighted by atomic mass is 10.1. The molecule has 1 aromatic carbocycles. The molecule has 8 heteroatoms. The molecule has 0 aliphatic carbocycles. The van der Waals surface area contributed by atoms with Crippen LogP contribution in [0.15, 0.2) is 46.5 Å². The maximum Gasteiger partial charge on any atom is 0.350 e. The molecule has 0 saturated heterocycles. The number of fused-ring (bicyclic) bond motifs is 1. The molecule has 0 bridgehead atoms. The molecule has 128 valence electrons. The lowest BCUT2D eigenvalue weighted by Gasteiger charge is -2.12. The van der Waals surface area contributed by atoms with Crippen molar-refractivity contribution >= 4 is 34.7 Å². The van der Waals surface area contributed by atoms with E-state index in [0.29, 0.717) is 22.1 Å². The zero-order valence-electron chi connectivity index (χ0n) is 13.3. The van der Waals surface area contributed by atoms with Gasteiger partial charge in [0.15, 0.2) is 16.1 Å². The fourth-order valence-corrected chi connectivity index (χ4v) is 5.59. The van der Waals surface area contributed by atoms with E-state index in [0.717, 1.165) is 15.8 Å². The summed E-state index contributed by atoms with van der Waals surface area (Å²) in [6.07, 6.45) is 1.74. The van der Waals surface area contributed by atoms with Crippen molar-refractivity contribution in [1.29, 1.82) is 0 Å². The Labute approximate surface area is 157 Å². The first-order valence-electron chi connectivity index (χ1n) is 7.82. The van der Waals surface area contributed by atoms with Crippen LogP contribution in [0.3, 0.4) is 0 Å². The maximum absolute atomic E-state index is 13.0. The fraction of sp³-hybridized carbons (Fsp3) is 0.235. The van der Waals surface area contributed by atoms with Gasteiger partial charge in [0.1, 0.15) is 0 Å². The van der Waals surface area contributed by atoms with Crippen LogP contribution in [0.5, 0.6) is 5.88 Å². The average molecular weight is 393 g/mol. The molecule has 25 heavy (non-hydrogen) atoms. The van der Waals surface area contributed by atoms with Gasteiger partial charge in [-0.1, -0.05) is 41.9 Å². The van der Waals surface area contributed by atoms with E-state index in [4.69, 9.17) is 11.6 Å². The number of rotatable bonds is 3. The Morgan fingerprint density at radius 3 is 2.80 bits per heavy atom. The molecule has 0 spiro atoms. The monoisotopic (exact) mass is 392 g/mol. The lowest BCUT2D eigenvalue weighted by molar-refractivity contribution is -0.748. The minimum Gasteiger partial charge on any atom is -0.477 e. The summed E-state index contributed by atoms with van der Waals surface area (Å²) in [5.74, 6) is 0.722. The van der Waals surface area contributed by atoms with Crippen LogP contribution in [-0.4, -0.2) is 20.4 Å². The number of thioether (sulfide) groups is 1. The fourth-order valence-electron chi connectivity index (χ4n) is 3.08. The molecule has 3 aromatic rings. The predicted molar refractivity (Wildman–Crippen MR) is 99.7 cm³/mol. The summed E-state index contributed by atoms with van der Waals surface area (Å²) in [6.45, 7) is 2.48. The molecule has 0 radical (unpaired) electrons. The molecular formula is C17H15ClN3O2S2+. The highest BCUT2D eigenvalue weighted by molar-refractivity contribution is 7.99. The van der Waals surface area contributed by atoms with Crippen LogP contribution in [-0.2, 0) is 6.54 Å². The number of aromatic hydroxyl groups is 1. The molecule has 0 amide bonds. The highest BCUT2D eigenvalue weighted by Gasteiger charge is 2.40. The second kappa shape index (κ2) is 6.48. The summed E-state index contributed by atoms with van der Waals surface area (Å²) in [7, 11) is 0. The van der Waals surface area contributed by atoms with Crippen LogP contribution in [0.1, 0.15) is 17.8 Å². The third-order valence-corrected chi connectivity index (χ3v) is 6.61. The van der Waals surface area contributed by atoms with Crippen molar-refractivity contribution in [3.05, 3.63) is 56.2 Å². The third kappa shape index (κ3) is 2.67. The van der Waals surface area contributed by atoms with Crippen molar-refractivity contribution in [2.75, 3.05) is 5.75 Å². The van der Waals surface area contributed by atoms with Gasteiger partial charge in [0.05, 0.1) is 17.2 Å². The summed E-state index contributed by atoms with van der Waals surface area (Å²) in [5, 5.41) is 11.8. The van der Waals surface area contributed by atoms with Crippen LogP contribution in [0, 0.1) is 0 Å². The summed E-state index contributed by atoms with van der Waals surface area (Å²) < 4.78 is 4.03. The van der Waals surface area contributed by atoms with Gasteiger partial charge >= 0.3 is 10.7 Å². The molecule has 1 N–H and O–H groups in total. The number of halogens is 1. The second-order valence-corrected chi connectivity index (χ2v) is 8.24. The van der Waals surface area contributed by atoms with E-state index >= 15 is 0 Å². The Morgan fingerprint density at radius 2 is 2.16 bits per heavy atom. The minimum atomic E-state index is -0.173. The summed E-state index contributed by atoms with van der Waals surface area (Å²) in [5.41, 5.74) is 0.864. The number of aromatic nitrogens is 3. The Bertz CT molecular complexity index is 1000. The molecule has 5 nitrogen and oxygen atoms in total. The zero-order valence-corrected chi connectivity index (χ0v) is 15.7. The normalized spacial score (nSPS) is 16.2. The summed E-state index contributed by atoms with van der Waals surface area (Å²) in [6, 6.07) is 9.19. The van der Waals surface area contributed by atoms with Crippen molar-refractivity contribution < 1.29 is 9.67 Å². The van der Waals surface area contributed by atoms with Gasteiger partial charge in [0, 0.05) is 6.20 Å². The molecule has 2 aromatic heterocycles. The molecule has 4 rings (SSSR count). The first kappa shape index (κ1) is 16.6. The van der Waals surface area contributed by atoms with E-state index in [1.807, 2.05) is 41.8 Å². The molecule has 0 fully saturated rings. The number of hydrogen-bond donors (Lipinski definition) is 1. The smallest absolute Gasteiger partial charge is 0.350 e. The van der Waals surface area contributed by atoms with Crippen LogP contribution in [0.2, 0.25) is 4.47 Å². The van der Waals surface area contributed by atoms with Gasteiger partial charge in [-0.3, -0.25) is 0 Å². The van der Waals surface area contributed by atoms with Crippen LogP contribution < -0.4 is 10.1 Å². The van der Waals surface area contributed by atoms with Gasteiger partial charge in [0.2, 0.25) is 0 Å². The summed E-state index contributed by atoms with van der Waals surface area (Å²) in [4.78, 5) is 18.1. The summed E-state index contributed by atoms with van der Waals surface area (Å²) >= 11 is 8.95. The Morgan fingerprint density at radius 1 is 1.40 bits per heavy atom. The van der Waals surface area contributed by atoms with E-state index in [1.165, 1.54) is 11.3 Å². The van der Waals surface area contributed by atoms with Gasteiger partial charge in [-0.2, -0.15) is 9.13 Å². The third-order valence-electron chi connectivity index (χ3n) is 4.23.